The Balaban J connectivity index is 1.40. The number of esters is 1. The number of nitrogens with two attached hydrogens (primary N) is 1. The van der Waals surface area contributed by atoms with Crippen molar-refractivity contribution in [3.8, 4) is 16.9 Å². The second kappa shape index (κ2) is 11.8. The Labute approximate surface area is 245 Å². The lowest BCUT2D eigenvalue weighted by Crippen LogP contribution is -2.18. The molecule has 42 heavy (non-hydrogen) atoms. The highest BCUT2D eigenvalue weighted by atomic mass is 16.5. The molecule has 2 N–H and O–H groups in total. The Kier molecular flexibility index (Phi) is 7.80. The number of fused-ring (bicyclic) bond motifs is 2. The van der Waals surface area contributed by atoms with Crippen LogP contribution in [0.1, 0.15) is 54.6 Å². The minimum absolute atomic E-state index is 0.127. The molecule has 1 aliphatic rings. The van der Waals surface area contributed by atoms with E-state index in [1.807, 2.05) is 44.2 Å². The van der Waals surface area contributed by atoms with Crippen molar-refractivity contribution in [3.05, 3.63) is 83.2 Å². The number of aromatic nitrogens is 3. The van der Waals surface area contributed by atoms with Crippen LogP contribution >= 0.6 is 0 Å². The van der Waals surface area contributed by atoms with Crippen LogP contribution in [-0.2, 0) is 33.9 Å². The summed E-state index contributed by atoms with van der Waals surface area (Å²) in [6.07, 6.45) is 5.34. The van der Waals surface area contributed by atoms with E-state index in [0.29, 0.717) is 30.8 Å². The number of nitrogen functional groups attached to an aromatic ring is 1. The number of carbonyl (C=O) groups is 1. The van der Waals surface area contributed by atoms with Crippen molar-refractivity contribution in [2.75, 3.05) is 19.5 Å². The quantitative estimate of drug-likeness (QED) is 0.188. The van der Waals surface area contributed by atoms with Crippen LogP contribution in [0, 0.1) is 6.92 Å². The molecule has 0 bridgehead atoms. The molecule has 2 heterocycles. The lowest BCUT2D eigenvalue weighted by atomic mass is 9.93. The zero-order valence-electron chi connectivity index (χ0n) is 24.4. The van der Waals surface area contributed by atoms with Gasteiger partial charge < -0.3 is 19.9 Å². The van der Waals surface area contributed by atoms with Crippen molar-refractivity contribution in [1.29, 1.82) is 0 Å². The summed E-state index contributed by atoms with van der Waals surface area (Å²) in [5.41, 5.74) is 13.0. The number of pyridine rings is 1. The van der Waals surface area contributed by atoms with Crippen molar-refractivity contribution < 1.29 is 19.0 Å². The van der Waals surface area contributed by atoms with Gasteiger partial charge in [-0.2, -0.15) is 5.10 Å². The molecule has 8 heteroatoms. The number of aryl methyl sites for hydroxylation is 1. The van der Waals surface area contributed by atoms with Gasteiger partial charge in [0.1, 0.15) is 23.9 Å². The van der Waals surface area contributed by atoms with E-state index in [9.17, 15) is 4.79 Å². The van der Waals surface area contributed by atoms with Crippen LogP contribution in [0.15, 0.2) is 60.8 Å². The fourth-order valence-corrected chi connectivity index (χ4v) is 5.89. The van der Waals surface area contributed by atoms with Gasteiger partial charge >= 0.3 is 5.97 Å². The van der Waals surface area contributed by atoms with E-state index in [1.54, 1.807) is 13.3 Å². The minimum atomic E-state index is -0.286. The normalized spacial score (nSPS) is 13.4. The molecule has 3 aromatic carbocycles. The molecule has 0 spiro atoms. The lowest BCUT2D eigenvalue weighted by molar-refractivity contribution is -0.142. The van der Waals surface area contributed by atoms with Crippen LogP contribution in [0.2, 0.25) is 0 Å². The van der Waals surface area contributed by atoms with Gasteiger partial charge in [0.15, 0.2) is 0 Å². The number of carbonyl (C=O) groups excluding carboxylic acids is 1. The number of benzene rings is 3. The number of nitrogens with zero attached hydrogens (tertiary/aromatic N) is 3. The molecule has 8 nitrogen and oxygen atoms in total. The molecule has 216 valence electrons. The monoisotopic (exact) mass is 564 g/mol. The molecule has 0 saturated heterocycles. The summed E-state index contributed by atoms with van der Waals surface area (Å²) in [6.45, 7) is 4.86. The molecule has 6 rings (SSSR count). The second-order valence-corrected chi connectivity index (χ2v) is 10.9. The minimum Gasteiger partial charge on any atom is -0.487 e. The van der Waals surface area contributed by atoms with Crippen LogP contribution in [0.5, 0.6) is 5.75 Å². The van der Waals surface area contributed by atoms with Crippen molar-refractivity contribution in [2.45, 2.75) is 58.8 Å². The van der Waals surface area contributed by atoms with Crippen molar-refractivity contribution in [2.24, 2.45) is 0 Å². The number of methoxy groups -OCH3 is 1. The molecular weight excluding hydrogens is 528 g/mol. The van der Waals surface area contributed by atoms with Crippen LogP contribution in [0.25, 0.3) is 32.8 Å². The average Bonchev–Trinajstić information content (AvgIpc) is 3.29. The zero-order valence-corrected chi connectivity index (χ0v) is 24.4. The molecule has 0 radical (unpaired) electrons. The topological polar surface area (TPSA) is 101 Å². The highest BCUT2D eigenvalue weighted by Gasteiger charge is 2.25. The summed E-state index contributed by atoms with van der Waals surface area (Å²) >= 11 is 0. The molecule has 0 unspecified atom stereocenters. The summed E-state index contributed by atoms with van der Waals surface area (Å²) in [7, 11) is 1.66. The Bertz CT molecular complexity index is 1770. The summed E-state index contributed by atoms with van der Waals surface area (Å²) in [5, 5.41) is 8.13. The van der Waals surface area contributed by atoms with E-state index < -0.39 is 0 Å². The van der Waals surface area contributed by atoms with Crippen LogP contribution in [0.4, 0.5) is 5.82 Å². The molecule has 2 aromatic heterocycles. The van der Waals surface area contributed by atoms with Crippen LogP contribution in [-0.4, -0.2) is 34.5 Å². The molecule has 5 aromatic rings. The first-order valence-electron chi connectivity index (χ1n) is 14.5. The number of anilines is 1. The van der Waals surface area contributed by atoms with Gasteiger partial charge in [-0.15, -0.1) is 0 Å². The number of ether oxygens (including phenoxy) is 3. The standard InChI is InChI=1S/C34H36N4O4/c1-4-41-32(39)18-24-16-22(19-40-3)15-21(2)33(24)42-20-30-29-17-23(11-12-31(29)38(37-30)25-7-5-8-25)26-9-6-10-28-27(26)13-14-36-34(28)35/h6,9-17,25H,4-5,7-8,18-20H2,1-3H3,(H2,35,36). The zero-order chi connectivity index (χ0) is 29.2. The smallest absolute Gasteiger partial charge is 0.310 e. The van der Waals surface area contributed by atoms with Gasteiger partial charge in [-0.3, -0.25) is 9.48 Å². The number of hydrogen-bond acceptors (Lipinski definition) is 7. The van der Waals surface area contributed by atoms with E-state index in [0.717, 1.165) is 68.0 Å². The highest BCUT2D eigenvalue weighted by Crippen LogP contribution is 2.38. The number of hydrogen-bond donors (Lipinski definition) is 1. The Morgan fingerprint density at radius 2 is 1.90 bits per heavy atom. The molecule has 0 aliphatic heterocycles. The molecule has 1 aliphatic carbocycles. The van der Waals surface area contributed by atoms with E-state index in [2.05, 4.69) is 33.9 Å². The molecule has 0 amide bonds. The van der Waals surface area contributed by atoms with Gasteiger partial charge in [0.2, 0.25) is 0 Å². The second-order valence-electron chi connectivity index (χ2n) is 10.9. The maximum absolute atomic E-state index is 12.5. The van der Waals surface area contributed by atoms with Gasteiger partial charge in [-0.05, 0) is 85.0 Å². The van der Waals surface area contributed by atoms with Gasteiger partial charge in [0, 0.05) is 29.6 Å². The predicted molar refractivity (Wildman–Crippen MR) is 164 cm³/mol. The van der Waals surface area contributed by atoms with Gasteiger partial charge in [-0.1, -0.05) is 30.3 Å². The van der Waals surface area contributed by atoms with E-state index in [-0.39, 0.29) is 19.0 Å². The summed E-state index contributed by atoms with van der Waals surface area (Å²) in [5.74, 6) is 0.918. The first kappa shape index (κ1) is 27.7. The first-order valence-corrected chi connectivity index (χ1v) is 14.5. The molecular formula is C34H36N4O4. The Hall–Kier alpha value is -4.43. The van der Waals surface area contributed by atoms with Gasteiger partial charge in [0.05, 0.1) is 31.2 Å². The van der Waals surface area contributed by atoms with Crippen LogP contribution in [0.3, 0.4) is 0 Å². The fourth-order valence-electron chi connectivity index (χ4n) is 5.89. The first-order chi connectivity index (χ1) is 20.5. The van der Waals surface area contributed by atoms with Crippen LogP contribution < -0.4 is 10.5 Å². The Morgan fingerprint density at radius 1 is 1.05 bits per heavy atom. The van der Waals surface area contributed by atoms with Crippen molar-refractivity contribution >= 4 is 33.5 Å². The third kappa shape index (κ3) is 5.30. The highest BCUT2D eigenvalue weighted by molar-refractivity contribution is 6.02. The summed E-state index contributed by atoms with van der Waals surface area (Å²) in [6, 6.07) is 19.1. The third-order valence-corrected chi connectivity index (χ3v) is 8.07. The largest absolute Gasteiger partial charge is 0.487 e. The predicted octanol–water partition coefficient (Wildman–Crippen LogP) is 6.70. The maximum atomic E-state index is 12.5. The van der Waals surface area contributed by atoms with E-state index >= 15 is 0 Å². The molecule has 0 atom stereocenters. The van der Waals surface area contributed by atoms with Gasteiger partial charge in [0.25, 0.3) is 0 Å². The summed E-state index contributed by atoms with van der Waals surface area (Å²) in [4.78, 5) is 16.7. The Morgan fingerprint density at radius 3 is 2.67 bits per heavy atom. The maximum Gasteiger partial charge on any atom is 0.310 e. The number of rotatable bonds is 10. The third-order valence-electron chi connectivity index (χ3n) is 8.07. The van der Waals surface area contributed by atoms with E-state index in [1.165, 1.54) is 6.42 Å². The fraction of sp³-hybridized carbons (Fsp3) is 0.324. The average molecular weight is 565 g/mol. The summed E-state index contributed by atoms with van der Waals surface area (Å²) < 4.78 is 19.3. The van der Waals surface area contributed by atoms with E-state index in [4.69, 9.17) is 25.0 Å². The SMILES string of the molecule is CCOC(=O)Cc1cc(COC)cc(C)c1OCc1nn(C2CCC2)c2ccc(-c3cccc4c(N)nccc34)cc12. The van der Waals surface area contributed by atoms with Gasteiger partial charge in [-0.25, -0.2) is 4.98 Å². The van der Waals surface area contributed by atoms with Crippen molar-refractivity contribution in [1.82, 2.24) is 14.8 Å². The van der Waals surface area contributed by atoms with Crippen molar-refractivity contribution in [3.63, 3.8) is 0 Å². The molecule has 1 saturated carbocycles. The lowest BCUT2D eigenvalue weighted by Gasteiger charge is -2.26. The molecule has 1 fully saturated rings.